The van der Waals surface area contributed by atoms with Crippen LogP contribution in [0, 0.1) is 0 Å². The number of anilines is 1. The predicted molar refractivity (Wildman–Crippen MR) is 45.8 cm³/mol. The third-order valence-electron chi connectivity index (χ3n) is 1.49. The van der Waals surface area contributed by atoms with Gasteiger partial charge in [0.25, 0.3) is 0 Å². The van der Waals surface area contributed by atoms with Crippen LogP contribution in [0.1, 0.15) is 5.56 Å². The Morgan fingerprint density at radius 1 is 1.23 bits per heavy atom. The number of benzene rings is 1. The zero-order valence-electron chi connectivity index (χ0n) is 6.53. The Morgan fingerprint density at radius 2 is 1.85 bits per heavy atom. The largest absolute Gasteiger partial charge is 0.418 e. The molecule has 13 heavy (non-hydrogen) atoms. The summed E-state index contributed by atoms with van der Waals surface area (Å²) in [5, 5.41) is 2.43. The second kappa shape index (κ2) is 3.87. The highest BCUT2D eigenvalue weighted by Gasteiger charge is 2.32. The molecule has 0 saturated carbocycles. The van der Waals surface area contributed by atoms with E-state index < -0.39 is 11.7 Å². The molecule has 0 fully saturated rings. The Kier molecular flexibility index (Phi) is 3.03. The molecule has 0 amide bonds. The fraction of sp³-hybridized carbons (Fsp3) is 0.250. The van der Waals surface area contributed by atoms with Gasteiger partial charge in [-0.25, -0.2) is 0 Å². The molecular weight excluding hydrogens is 203 g/mol. The van der Waals surface area contributed by atoms with Crippen LogP contribution in [0.3, 0.4) is 0 Å². The standard InChI is InChI=1S/C8H7ClF3N/c9-5-13-7-4-2-1-3-6(7)8(10,11)12/h1-4,13H,5H2. The Labute approximate surface area is 78.5 Å². The topological polar surface area (TPSA) is 12.0 Å². The van der Waals surface area contributed by atoms with Crippen molar-refractivity contribution in [2.45, 2.75) is 6.18 Å². The minimum absolute atomic E-state index is 0.00463. The first-order chi connectivity index (χ1) is 6.05. The number of para-hydroxylation sites is 1. The van der Waals surface area contributed by atoms with Crippen molar-refractivity contribution >= 4 is 17.3 Å². The average molecular weight is 210 g/mol. The molecule has 0 saturated heterocycles. The molecule has 0 aliphatic rings. The van der Waals surface area contributed by atoms with E-state index >= 15 is 0 Å². The highest BCUT2D eigenvalue weighted by molar-refractivity contribution is 6.18. The highest BCUT2D eigenvalue weighted by Crippen LogP contribution is 2.34. The minimum atomic E-state index is -4.34. The first-order valence-electron chi connectivity index (χ1n) is 3.52. The Morgan fingerprint density at radius 3 is 2.38 bits per heavy atom. The second-order valence-electron chi connectivity index (χ2n) is 2.35. The van der Waals surface area contributed by atoms with Crippen LogP contribution in [0.2, 0.25) is 0 Å². The molecule has 0 aromatic heterocycles. The maximum Gasteiger partial charge on any atom is 0.418 e. The van der Waals surface area contributed by atoms with Crippen LogP contribution in [-0.2, 0) is 6.18 Å². The van der Waals surface area contributed by atoms with Crippen LogP contribution < -0.4 is 5.32 Å². The van der Waals surface area contributed by atoms with Gasteiger partial charge in [0.15, 0.2) is 0 Å². The zero-order valence-corrected chi connectivity index (χ0v) is 7.28. The van der Waals surface area contributed by atoms with Crippen molar-refractivity contribution < 1.29 is 13.2 Å². The van der Waals surface area contributed by atoms with Crippen LogP contribution in [-0.4, -0.2) is 6.00 Å². The van der Waals surface area contributed by atoms with Crippen molar-refractivity contribution in [1.29, 1.82) is 0 Å². The fourth-order valence-corrected chi connectivity index (χ4v) is 1.10. The van der Waals surface area contributed by atoms with Crippen molar-refractivity contribution in [2.75, 3.05) is 11.3 Å². The third kappa shape index (κ3) is 2.52. The van der Waals surface area contributed by atoms with Crippen LogP contribution in [0.25, 0.3) is 0 Å². The second-order valence-corrected chi connectivity index (χ2v) is 2.62. The van der Waals surface area contributed by atoms with E-state index in [1.54, 1.807) is 0 Å². The minimum Gasteiger partial charge on any atom is -0.371 e. The van der Waals surface area contributed by atoms with Crippen molar-refractivity contribution in [2.24, 2.45) is 0 Å². The van der Waals surface area contributed by atoms with Gasteiger partial charge < -0.3 is 5.32 Å². The van der Waals surface area contributed by atoms with Crippen molar-refractivity contribution in [3.05, 3.63) is 29.8 Å². The van der Waals surface area contributed by atoms with E-state index in [1.165, 1.54) is 18.2 Å². The smallest absolute Gasteiger partial charge is 0.371 e. The van der Waals surface area contributed by atoms with Crippen molar-refractivity contribution in [3.63, 3.8) is 0 Å². The van der Waals surface area contributed by atoms with Crippen molar-refractivity contribution in [1.82, 2.24) is 0 Å². The highest BCUT2D eigenvalue weighted by atomic mass is 35.5. The van der Waals surface area contributed by atoms with Gasteiger partial charge in [0.1, 0.15) is 0 Å². The summed E-state index contributed by atoms with van der Waals surface area (Å²) in [6, 6.07) is 5.15. The summed E-state index contributed by atoms with van der Waals surface area (Å²) in [5.41, 5.74) is -0.694. The van der Waals surface area contributed by atoms with E-state index in [4.69, 9.17) is 11.6 Å². The fourth-order valence-electron chi connectivity index (χ4n) is 0.956. The lowest BCUT2D eigenvalue weighted by molar-refractivity contribution is -0.136. The monoisotopic (exact) mass is 209 g/mol. The molecule has 0 radical (unpaired) electrons. The molecule has 1 rings (SSSR count). The Bertz CT molecular complexity index is 285. The summed E-state index contributed by atoms with van der Waals surface area (Å²) in [4.78, 5) is 0. The summed E-state index contributed by atoms with van der Waals surface area (Å²) in [6.07, 6.45) is -4.34. The van der Waals surface area contributed by atoms with E-state index in [9.17, 15) is 13.2 Å². The van der Waals surface area contributed by atoms with Gasteiger partial charge in [-0.05, 0) is 12.1 Å². The van der Waals surface area contributed by atoms with Gasteiger partial charge in [-0.3, -0.25) is 0 Å². The van der Waals surface area contributed by atoms with Gasteiger partial charge in [0.2, 0.25) is 0 Å². The summed E-state index contributed by atoms with van der Waals surface area (Å²) < 4.78 is 36.9. The van der Waals surface area contributed by atoms with Crippen LogP contribution >= 0.6 is 11.6 Å². The number of halogens is 4. The van der Waals surface area contributed by atoms with Gasteiger partial charge in [0.05, 0.1) is 11.6 Å². The number of hydrogen-bond acceptors (Lipinski definition) is 1. The molecule has 5 heteroatoms. The number of alkyl halides is 4. The summed E-state index contributed by atoms with van der Waals surface area (Å²) in [5.74, 6) is 0. The summed E-state index contributed by atoms with van der Waals surface area (Å²) in [7, 11) is 0. The zero-order chi connectivity index (χ0) is 9.90. The molecule has 0 heterocycles. The molecule has 1 N–H and O–H groups in total. The quantitative estimate of drug-likeness (QED) is 0.582. The number of hydrogen-bond donors (Lipinski definition) is 1. The van der Waals surface area contributed by atoms with E-state index in [0.717, 1.165) is 6.07 Å². The third-order valence-corrected chi connectivity index (χ3v) is 1.62. The molecule has 0 atom stereocenters. The molecule has 1 aromatic carbocycles. The SMILES string of the molecule is FC(F)(F)c1ccccc1NCCl. The molecule has 72 valence electrons. The molecule has 1 nitrogen and oxygen atoms in total. The number of rotatable bonds is 2. The van der Waals surface area contributed by atoms with E-state index in [0.29, 0.717) is 0 Å². The molecule has 0 aliphatic carbocycles. The van der Waals surface area contributed by atoms with Gasteiger partial charge in [0, 0.05) is 5.69 Å². The van der Waals surface area contributed by atoms with Crippen LogP contribution in [0.15, 0.2) is 24.3 Å². The molecule has 1 aromatic rings. The van der Waals surface area contributed by atoms with Gasteiger partial charge >= 0.3 is 6.18 Å². The molecular formula is C8H7ClF3N. The summed E-state index contributed by atoms with van der Waals surface area (Å²) in [6.45, 7) is 0. The van der Waals surface area contributed by atoms with Gasteiger partial charge in [-0.1, -0.05) is 12.1 Å². The first kappa shape index (κ1) is 10.2. The van der Waals surface area contributed by atoms with E-state index in [2.05, 4.69) is 5.32 Å². The Hall–Kier alpha value is -0.900. The van der Waals surface area contributed by atoms with Crippen LogP contribution in [0.4, 0.5) is 18.9 Å². The number of nitrogens with one attached hydrogen (secondary N) is 1. The lowest BCUT2D eigenvalue weighted by atomic mass is 10.2. The maximum absolute atomic E-state index is 12.3. The van der Waals surface area contributed by atoms with Gasteiger partial charge in [-0.2, -0.15) is 13.2 Å². The van der Waals surface area contributed by atoms with Crippen molar-refractivity contribution in [3.8, 4) is 0 Å². The first-order valence-corrected chi connectivity index (χ1v) is 4.05. The predicted octanol–water partition coefficient (Wildman–Crippen LogP) is 3.31. The average Bonchev–Trinajstić information content (AvgIpc) is 2.04. The van der Waals surface area contributed by atoms with E-state index in [-0.39, 0.29) is 11.7 Å². The van der Waals surface area contributed by atoms with E-state index in [1.807, 2.05) is 0 Å². The normalized spacial score (nSPS) is 11.4. The molecule has 0 bridgehead atoms. The lowest BCUT2D eigenvalue weighted by Gasteiger charge is -2.12. The van der Waals surface area contributed by atoms with Gasteiger partial charge in [-0.15, -0.1) is 11.6 Å². The van der Waals surface area contributed by atoms with Crippen LogP contribution in [0.5, 0.6) is 0 Å². The summed E-state index contributed by atoms with van der Waals surface area (Å²) >= 11 is 5.28. The molecule has 0 spiro atoms. The maximum atomic E-state index is 12.3. The molecule has 0 aliphatic heterocycles. The molecule has 0 unspecified atom stereocenters. The lowest BCUT2D eigenvalue weighted by Crippen LogP contribution is -2.09. The Balaban J connectivity index is 3.05.